The second-order valence-corrected chi connectivity index (χ2v) is 5.70. The third kappa shape index (κ3) is 17.7. The van der Waals surface area contributed by atoms with Gasteiger partial charge >= 0.3 is 10.4 Å². The highest BCUT2D eigenvalue weighted by molar-refractivity contribution is 7.80. The Kier molecular flexibility index (Phi) is 11.4. The van der Waals surface area contributed by atoms with Crippen LogP contribution in [0.2, 0.25) is 0 Å². The highest BCUT2D eigenvalue weighted by Crippen LogP contribution is 2.12. The van der Waals surface area contributed by atoms with Gasteiger partial charge in [0, 0.05) is 6.42 Å². The van der Waals surface area contributed by atoms with Crippen LogP contribution in [0.3, 0.4) is 0 Å². The maximum absolute atomic E-state index is 11.8. The molecule has 0 aromatic carbocycles. The first kappa shape index (κ1) is 18.7. The van der Waals surface area contributed by atoms with Crippen LogP contribution in [0, 0.1) is 0 Å². The monoisotopic (exact) mass is 302 g/mol. The fourth-order valence-electron chi connectivity index (χ4n) is 1.80. The van der Waals surface area contributed by atoms with E-state index in [9.17, 15) is 17.2 Å². The lowest BCUT2D eigenvalue weighted by atomic mass is 10.1. The van der Waals surface area contributed by atoms with Gasteiger partial charge in [-0.2, -0.15) is 8.42 Å². The average Bonchev–Trinajstić information content (AvgIpc) is 2.28. The molecule has 0 aromatic rings. The molecule has 0 fully saturated rings. The molecule has 0 aromatic heterocycles. The van der Waals surface area contributed by atoms with Crippen LogP contribution in [0.25, 0.3) is 0 Å². The van der Waals surface area contributed by atoms with Crippen LogP contribution < -0.4 is 0 Å². The van der Waals surface area contributed by atoms with Gasteiger partial charge in [0.05, 0.1) is 6.61 Å². The van der Waals surface area contributed by atoms with Gasteiger partial charge in [0.1, 0.15) is 0 Å². The summed E-state index contributed by atoms with van der Waals surface area (Å²) in [6.07, 6.45) is 5.95. The largest absolute Gasteiger partial charge is 0.397 e. The molecule has 0 radical (unpaired) electrons. The molecule has 0 aliphatic heterocycles. The SMILES string of the molecule is O=S(=O)(O)OCCCCCCCCCCCC(F)F. The fraction of sp³-hybridized carbons (Fsp3) is 1.00. The molecule has 0 saturated heterocycles. The van der Waals surface area contributed by atoms with Gasteiger partial charge in [0.2, 0.25) is 6.43 Å². The molecule has 4 nitrogen and oxygen atoms in total. The van der Waals surface area contributed by atoms with Crippen molar-refractivity contribution < 1.29 is 25.9 Å². The molecule has 0 heterocycles. The molecular formula is C12H24F2O4S. The van der Waals surface area contributed by atoms with Gasteiger partial charge in [0.15, 0.2) is 0 Å². The van der Waals surface area contributed by atoms with E-state index in [2.05, 4.69) is 4.18 Å². The molecule has 1 N–H and O–H groups in total. The standard InChI is InChI=1S/C12H24F2O4S/c13-12(14)10-8-6-4-2-1-3-5-7-9-11-18-19(15,16)17/h12H,1-11H2,(H,15,16,17). The van der Waals surface area contributed by atoms with Crippen molar-refractivity contribution in [2.45, 2.75) is 70.6 Å². The minimum Gasteiger partial charge on any atom is -0.264 e. The Hall–Kier alpha value is -0.270. The van der Waals surface area contributed by atoms with E-state index in [1.807, 2.05) is 0 Å². The fourth-order valence-corrected chi connectivity index (χ4v) is 2.13. The zero-order chi connectivity index (χ0) is 14.6. The highest BCUT2D eigenvalue weighted by Gasteiger charge is 2.03. The lowest BCUT2D eigenvalue weighted by molar-refractivity contribution is 0.133. The van der Waals surface area contributed by atoms with E-state index in [1.165, 1.54) is 0 Å². The van der Waals surface area contributed by atoms with E-state index >= 15 is 0 Å². The Morgan fingerprint density at radius 2 is 1.26 bits per heavy atom. The lowest BCUT2D eigenvalue weighted by Crippen LogP contribution is -2.04. The molecule has 0 saturated carbocycles. The molecule has 0 atom stereocenters. The van der Waals surface area contributed by atoms with Crippen LogP contribution in [0.15, 0.2) is 0 Å². The zero-order valence-corrected chi connectivity index (χ0v) is 12.0. The van der Waals surface area contributed by atoms with Crippen molar-refractivity contribution in [2.75, 3.05) is 6.61 Å². The van der Waals surface area contributed by atoms with Crippen LogP contribution in [-0.4, -0.2) is 26.0 Å². The molecular weight excluding hydrogens is 278 g/mol. The average molecular weight is 302 g/mol. The van der Waals surface area contributed by atoms with Gasteiger partial charge in [-0.15, -0.1) is 0 Å². The van der Waals surface area contributed by atoms with Crippen molar-refractivity contribution >= 4 is 10.4 Å². The van der Waals surface area contributed by atoms with Crippen molar-refractivity contribution in [2.24, 2.45) is 0 Å². The molecule has 0 aliphatic rings. The quantitative estimate of drug-likeness (QED) is 0.413. The maximum Gasteiger partial charge on any atom is 0.397 e. The summed E-state index contributed by atoms with van der Waals surface area (Å²) in [6, 6.07) is 0. The minimum absolute atomic E-state index is 0.00770. The third-order valence-electron chi connectivity index (χ3n) is 2.80. The summed E-state index contributed by atoms with van der Waals surface area (Å²) in [7, 11) is -4.29. The van der Waals surface area contributed by atoms with Gasteiger partial charge in [-0.05, 0) is 12.8 Å². The van der Waals surface area contributed by atoms with Crippen molar-refractivity contribution in [3.63, 3.8) is 0 Å². The van der Waals surface area contributed by atoms with E-state index in [0.29, 0.717) is 12.8 Å². The van der Waals surface area contributed by atoms with E-state index in [-0.39, 0.29) is 13.0 Å². The van der Waals surface area contributed by atoms with Crippen LogP contribution >= 0.6 is 0 Å². The first-order valence-electron chi connectivity index (χ1n) is 6.82. The molecule has 0 amide bonds. The van der Waals surface area contributed by atoms with E-state index in [1.54, 1.807) is 0 Å². The summed E-state index contributed by atoms with van der Waals surface area (Å²) in [5.74, 6) is 0. The maximum atomic E-state index is 11.8. The first-order chi connectivity index (χ1) is 8.92. The van der Waals surface area contributed by atoms with Gasteiger partial charge < -0.3 is 0 Å². The van der Waals surface area contributed by atoms with Crippen molar-refractivity contribution in [3.8, 4) is 0 Å². The molecule has 0 bridgehead atoms. The summed E-state index contributed by atoms with van der Waals surface area (Å²) in [6.45, 7) is 0.0203. The van der Waals surface area contributed by atoms with Crippen molar-refractivity contribution in [1.29, 1.82) is 0 Å². The summed E-state index contributed by atoms with van der Waals surface area (Å²) in [5.41, 5.74) is 0. The number of halogens is 2. The molecule has 0 unspecified atom stereocenters. The summed E-state index contributed by atoms with van der Waals surface area (Å²) >= 11 is 0. The van der Waals surface area contributed by atoms with Gasteiger partial charge in [-0.1, -0.05) is 44.9 Å². The summed E-state index contributed by atoms with van der Waals surface area (Å²) in [5, 5.41) is 0. The molecule has 19 heavy (non-hydrogen) atoms. The Morgan fingerprint density at radius 1 is 0.842 bits per heavy atom. The highest BCUT2D eigenvalue weighted by atomic mass is 32.3. The third-order valence-corrected chi connectivity index (χ3v) is 3.26. The summed E-state index contributed by atoms with van der Waals surface area (Å²) in [4.78, 5) is 0. The normalized spacial score (nSPS) is 12.2. The van der Waals surface area contributed by atoms with Gasteiger partial charge in [-0.3, -0.25) is 4.55 Å². The molecule has 0 aliphatic carbocycles. The van der Waals surface area contributed by atoms with Crippen molar-refractivity contribution in [3.05, 3.63) is 0 Å². The molecule has 0 rings (SSSR count). The molecule has 0 spiro atoms. The lowest BCUT2D eigenvalue weighted by Gasteiger charge is -2.03. The van der Waals surface area contributed by atoms with E-state index in [4.69, 9.17) is 4.55 Å². The van der Waals surface area contributed by atoms with Gasteiger partial charge in [-0.25, -0.2) is 13.0 Å². The number of alkyl halides is 2. The predicted octanol–water partition coefficient (Wildman–Crippen LogP) is 3.97. The minimum atomic E-state index is -4.29. The number of rotatable bonds is 13. The Balaban J connectivity index is 3.07. The number of unbranched alkanes of at least 4 members (excludes halogenated alkanes) is 8. The Morgan fingerprint density at radius 3 is 1.68 bits per heavy atom. The first-order valence-corrected chi connectivity index (χ1v) is 8.18. The number of hydrogen-bond donors (Lipinski definition) is 1. The summed E-state index contributed by atoms with van der Waals surface area (Å²) < 4.78 is 56.6. The molecule has 7 heteroatoms. The van der Waals surface area contributed by atoms with Crippen LogP contribution in [0.5, 0.6) is 0 Å². The van der Waals surface area contributed by atoms with Gasteiger partial charge in [0.25, 0.3) is 0 Å². The topological polar surface area (TPSA) is 63.6 Å². The molecule has 116 valence electrons. The van der Waals surface area contributed by atoms with E-state index < -0.39 is 16.8 Å². The second-order valence-electron chi connectivity index (χ2n) is 4.61. The van der Waals surface area contributed by atoms with E-state index in [0.717, 1.165) is 44.9 Å². The predicted molar refractivity (Wildman–Crippen MR) is 69.7 cm³/mol. The smallest absolute Gasteiger partial charge is 0.264 e. The van der Waals surface area contributed by atoms with Crippen LogP contribution in [-0.2, 0) is 14.6 Å². The Labute approximate surface area is 114 Å². The second kappa shape index (κ2) is 11.5. The number of hydrogen-bond acceptors (Lipinski definition) is 3. The van der Waals surface area contributed by atoms with Crippen molar-refractivity contribution in [1.82, 2.24) is 0 Å². The van der Waals surface area contributed by atoms with Crippen LogP contribution in [0.1, 0.15) is 64.2 Å². The van der Waals surface area contributed by atoms with Crippen LogP contribution in [0.4, 0.5) is 8.78 Å². The zero-order valence-electron chi connectivity index (χ0n) is 11.2. The Bertz CT molecular complexity index is 294.